The molecule has 6 heteroatoms. The highest BCUT2D eigenvalue weighted by atomic mass is 32.1. The maximum absolute atomic E-state index is 12.2. The molecule has 3 rings (SSSR count). The van der Waals surface area contributed by atoms with Crippen molar-refractivity contribution in [2.45, 2.75) is 19.3 Å². The lowest BCUT2D eigenvalue weighted by atomic mass is 9.96. The fourth-order valence-corrected chi connectivity index (χ4v) is 3.44. The first kappa shape index (κ1) is 15.0. The third kappa shape index (κ3) is 3.82. The number of carbonyl (C=O) groups excluding carboxylic acids is 1. The molecule has 0 unspecified atom stereocenters. The third-order valence-electron chi connectivity index (χ3n) is 3.99. The first-order valence-electron chi connectivity index (χ1n) is 7.64. The molecule has 1 N–H and O–H groups in total. The van der Waals surface area contributed by atoms with E-state index < -0.39 is 0 Å². The van der Waals surface area contributed by atoms with Gasteiger partial charge in [0.05, 0.1) is 6.20 Å². The molecule has 1 aliphatic heterocycles. The van der Waals surface area contributed by atoms with E-state index in [9.17, 15) is 4.79 Å². The van der Waals surface area contributed by atoms with Crippen LogP contribution in [0.25, 0.3) is 0 Å². The summed E-state index contributed by atoms with van der Waals surface area (Å²) in [4.78, 5) is 24.1. The number of hydrogen-bond acceptors (Lipinski definition) is 5. The SMILES string of the molecule is O=C(NCCc1cccs1)C1CCN(c2cnccn2)CC1. The summed E-state index contributed by atoms with van der Waals surface area (Å²) in [6.07, 6.45) is 7.84. The lowest BCUT2D eigenvalue weighted by molar-refractivity contribution is -0.125. The number of anilines is 1. The molecule has 0 atom stereocenters. The number of nitrogens with one attached hydrogen (secondary N) is 1. The number of thiophene rings is 1. The molecular formula is C16H20N4OS. The zero-order valence-corrected chi connectivity index (χ0v) is 13.3. The summed E-state index contributed by atoms with van der Waals surface area (Å²) in [7, 11) is 0. The van der Waals surface area contributed by atoms with Crippen molar-refractivity contribution in [2.24, 2.45) is 5.92 Å². The second-order valence-electron chi connectivity index (χ2n) is 5.45. The van der Waals surface area contributed by atoms with Crippen LogP contribution < -0.4 is 10.2 Å². The Morgan fingerprint density at radius 2 is 2.23 bits per heavy atom. The number of carbonyl (C=O) groups is 1. The van der Waals surface area contributed by atoms with E-state index in [1.54, 1.807) is 29.9 Å². The average molecular weight is 316 g/mol. The monoisotopic (exact) mass is 316 g/mol. The molecule has 1 fully saturated rings. The van der Waals surface area contributed by atoms with Crippen molar-refractivity contribution in [2.75, 3.05) is 24.5 Å². The highest BCUT2D eigenvalue weighted by Gasteiger charge is 2.25. The van der Waals surface area contributed by atoms with E-state index in [1.165, 1.54) is 4.88 Å². The second-order valence-corrected chi connectivity index (χ2v) is 6.48. The van der Waals surface area contributed by atoms with Crippen LogP contribution in [0.5, 0.6) is 0 Å². The summed E-state index contributed by atoms with van der Waals surface area (Å²) in [6, 6.07) is 4.15. The Morgan fingerprint density at radius 3 is 2.91 bits per heavy atom. The Hall–Kier alpha value is -1.95. The Balaban J connectivity index is 1.42. The van der Waals surface area contributed by atoms with Gasteiger partial charge >= 0.3 is 0 Å². The van der Waals surface area contributed by atoms with Crippen LogP contribution in [0.2, 0.25) is 0 Å². The first-order chi connectivity index (χ1) is 10.8. The van der Waals surface area contributed by atoms with Gasteiger partial charge in [-0.15, -0.1) is 11.3 Å². The van der Waals surface area contributed by atoms with Crippen molar-refractivity contribution >= 4 is 23.1 Å². The van der Waals surface area contributed by atoms with E-state index in [2.05, 4.69) is 31.6 Å². The highest BCUT2D eigenvalue weighted by molar-refractivity contribution is 7.09. The van der Waals surface area contributed by atoms with Gasteiger partial charge in [0.1, 0.15) is 5.82 Å². The van der Waals surface area contributed by atoms with Gasteiger partial charge in [0.15, 0.2) is 0 Å². The lowest BCUT2D eigenvalue weighted by Crippen LogP contribution is -2.41. The molecule has 1 aliphatic rings. The molecule has 1 amide bonds. The lowest BCUT2D eigenvalue weighted by Gasteiger charge is -2.31. The number of aromatic nitrogens is 2. The van der Waals surface area contributed by atoms with Crippen molar-refractivity contribution in [1.82, 2.24) is 15.3 Å². The molecule has 1 saturated heterocycles. The highest BCUT2D eigenvalue weighted by Crippen LogP contribution is 2.21. The number of nitrogens with zero attached hydrogens (tertiary/aromatic N) is 3. The topological polar surface area (TPSA) is 58.1 Å². The van der Waals surface area contributed by atoms with Crippen LogP contribution >= 0.6 is 11.3 Å². The van der Waals surface area contributed by atoms with Crippen molar-refractivity contribution in [1.29, 1.82) is 0 Å². The molecule has 0 aliphatic carbocycles. The van der Waals surface area contributed by atoms with Crippen LogP contribution in [-0.4, -0.2) is 35.5 Å². The minimum absolute atomic E-state index is 0.122. The number of rotatable bonds is 5. The summed E-state index contributed by atoms with van der Waals surface area (Å²) in [6.45, 7) is 2.45. The van der Waals surface area contributed by atoms with Gasteiger partial charge in [-0.3, -0.25) is 9.78 Å². The number of amides is 1. The van der Waals surface area contributed by atoms with Gasteiger partial charge in [-0.1, -0.05) is 6.07 Å². The van der Waals surface area contributed by atoms with E-state index in [0.717, 1.165) is 44.7 Å². The van der Waals surface area contributed by atoms with E-state index in [1.807, 2.05) is 6.07 Å². The Bertz CT molecular complexity index is 579. The van der Waals surface area contributed by atoms with Crippen molar-refractivity contribution < 1.29 is 4.79 Å². The summed E-state index contributed by atoms with van der Waals surface area (Å²) < 4.78 is 0. The number of piperidine rings is 1. The van der Waals surface area contributed by atoms with Gasteiger partial charge in [-0.05, 0) is 30.7 Å². The minimum atomic E-state index is 0.122. The molecular weight excluding hydrogens is 296 g/mol. The molecule has 0 bridgehead atoms. The van der Waals surface area contributed by atoms with Gasteiger partial charge < -0.3 is 10.2 Å². The Morgan fingerprint density at radius 1 is 1.36 bits per heavy atom. The van der Waals surface area contributed by atoms with Gasteiger partial charge in [-0.2, -0.15) is 0 Å². The summed E-state index contributed by atoms with van der Waals surface area (Å²) >= 11 is 1.74. The smallest absolute Gasteiger partial charge is 0.223 e. The molecule has 3 heterocycles. The minimum Gasteiger partial charge on any atom is -0.355 e. The standard InChI is InChI=1S/C16H20N4OS/c21-16(19-6-3-14-2-1-11-22-14)13-4-9-20(10-5-13)15-12-17-7-8-18-15/h1-2,7-8,11-13H,3-6,9-10H2,(H,19,21). The number of hydrogen-bond donors (Lipinski definition) is 1. The molecule has 22 heavy (non-hydrogen) atoms. The second kappa shape index (κ2) is 7.35. The molecule has 0 saturated carbocycles. The maximum Gasteiger partial charge on any atom is 0.223 e. The van der Waals surface area contributed by atoms with Gasteiger partial charge in [0, 0.05) is 42.8 Å². The Kier molecular flexibility index (Phi) is 5.00. The zero-order valence-electron chi connectivity index (χ0n) is 12.4. The zero-order chi connectivity index (χ0) is 15.2. The molecule has 0 spiro atoms. The fourth-order valence-electron chi connectivity index (χ4n) is 2.73. The predicted molar refractivity (Wildman–Crippen MR) is 88.0 cm³/mol. The van der Waals surface area contributed by atoms with Crippen LogP contribution in [0.1, 0.15) is 17.7 Å². The van der Waals surface area contributed by atoms with E-state index in [4.69, 9.17) is 0 Å². The average Bonchev–Trinajstić information content (AvgIpc) is 3.09. The predicted octanol–water partition coefficient (Wildman–Crippen LogP) is 2.11. The molecule has 5 nitrogen and oxygen atoms in total. The molecule has 0 aromatic carbocycles. The third-order valence-corrected chi connectivity index (χ3v) is 4.93. The quantitative estimate of drug-likeness (QED) is 0.918. The van der Waals surface area contributed by atoms with Crippen molar-refractivity contribution in [3.05, 3.63) is 41.0 Å². The summed E-state index contributed by atoms with van der Waals surface area (Å²) in [5.74, 6) is 1.21. The fraction of sp³-hybridized carbons (Fsp3) is 0.438. The van der Waals surface area contributed by atoms with Crippen LogP contribution in [-0.2, 0) is 11.2 Å². The maximum atomic E-state index is 12.2. The van der Waals surface area contributed by atoms with Crippen molar-refractivity contribution in [3.63, 3.8) is 0 Å². The van der Waals surface area contributed by atoms with E-state index in [0.29, 0.717) is 0 Å². The molecule has 116 valence electrons. The van der Waals surface area contributed by atoms with E-state index >= 15 is 0 Å². The summed E-state index contributed by atoms with van der Waals surface area (Å²) in [5, 5.41) is 5.14. The largest absolute Gasteiger partial charge is 0.355 e. The first-order valence-corrected chi connectivity index (χ1v) is 8.52. The van der Waals surface area contributed by atoms with Crippen molar-refractivity contribution in [3.8, 4) is 0 Å². The van der Waals surface area contributed by atoms with Crippen LogP contribution in [0.4, 0.5) is 5.82 Å². The van der Waals surface area contributed by atoms with Gasteiger partial charge in [0.25, 0.3) is 0 Å². The van der Waals surface area contributed by atoms with E-state index in [-0.39, 0.29) is 11.8 Å². The van der Waals surface area contributed by atoms with Gasteiger partial charge in [-0.25, -0.2) is 4.98 Å². The summed E-state index contributed by atoms with van der Waals surface area (Å²) in [5.41, 5.74) is 0. The Labute approximate surface area is 134 Å². The van der Waals surface area contributed by atoms with Crippen LogP contribution in [0.3, 0.4) is 0 Å². The normalized spacial score (nSPS) is 15.7. The molecule has 2 aromatic rings. The van der Waals surface area contributed by atoms with Crippen LogP contribution in [0.15, 0.2) is 36.1 Å². The molecule has 0 radical (unpaired) electrons. The van der Waals surface area contributed by atoms with Crippen LogP contribution in [0, 0.1) is 5.92 Å². The molecule has 2 aromatic heterocycles. The van der Waals surface area contributed by atoms with Gasteiger partial charge in [0.2, 0.25) is 5.91 Å².